The highest BCUT2D eigenvalue weighted by atomic mass is 35.5. The molecule has 0 unspecified atom stereocenters. The number of carbonyl (C=O) groups is 1. The lowest BCUT2D eigenvalue weighted by Crippen LogP contribution is -2.45. The lowest BCUT2D eigenvalue weighted by Gasteiger charge is -2.28. The molecule has 3 rings (SSSR count). The van der Waals surface area contributed by atoms with E-state index in [0.717, 1.165) is 35.1 Å². The minimum absolute atomic E-state index is 0. The second-order valence-electron chi connectivity index (χ2n) is 7.32. The summed E-state index contributed by atoms with van der Waals surface area (Å²) in [6, 6.07) is 16.6. The summed E-state index contributed by atoms with van der Waals surface area (Å²) in [5, 5.41) is 7.25. The number of nitrogens with one attached hydrogen (secondary N) is 1. The molecule has 3 aromatic rings. The molecule has 0 fully saturated rings. The summed E-state index contributed by atoms with van der Waals surface area (Å²) in [5.74, 6) is 0.0305. The van der Waals surface area contributed by atoms with E-state index in [2.05, 4.69) is 51.8 Å². The van der Waals surface area contributed by atoms with Crippen molar-refractivity contribution in [3.8, 4) is 11.1 Å². The van der Waals surface area contributed by atoms with E-state index < -0.39 is 5.41 Å². The van der Waals surface area contributed by atoms with Gasteiger partial charge in [0.15, 0.2) is 0 Å². The fourth-order valence-corrected chi connectivity index (χ4v) is 3.56. The molecular weight excluding hydrogens is 433 g/mol. The number of nitrogens with two attached hydrogens (primary N) is 1. The van der Waals surface area contributed by atoms with E-state index in [9.17, 15) is 4.79 Å². The van der Waals surface area contributed by atoms with Crippen molar-refractivity contribution in [1.29, 1.82) is 0 Å². The normalized spacial score (nSPS) is 10.7. The SMILES string of the molecule is CCC(CC)(CN)C(=O)NCc1ccccc1-c1ccc(Cn2cncn2)cc1.Cl.Cl. The van der Waals surface area contributed by atoms with Gasteiger partial charge in [-0.25, -0.2) is 9.67 Å². The van der Waals surface area contributed by atoms with Gasteiger partial charge in [0, 0.05) is 13.1 Å². The van der Waals surface area contributed by atoms with Crippen LogP contribution >= 0.6 is 24.8 Å². The molecule has 0 atom stereocenters. The molecule has 6 nitrogen and oxygen atoms in total. The van der Waals surface area contributed by atoms with Crippen molar-refractivity contribution >= 4 is 30.7 Å². The van der Waals surface area contributed by atoms with Crippen molar-refractivity contribution in [1.82, 2.24) is 20.1 Å². The molecule has 8 heteroatoms. The Hall–Kier alpha value is -2.41. The van der Waals surface area contributed by atoms with Crippen LogP contribution in [0.5, 0.6) is 0 Å². The third kappa shape index (κ3) is 6.29. The van der Waals surface area contributed by atoms with Crippen LogP contribution in [0.4, 0.5) is 0 Å². The lowest BCUT2D eigenvalue weighted by molar-refractivity contribution is -0.131. The van der Waals surface area contributed by atoms with Crippen LogP contribution in [0, 0.1) is 5.41 Å². The largest absolute Gasteiger partial charge is 0.351 e. The average Bonchev–Trinajstić information content (AvgIpc) is 3.28. The molecule has 1 aromatic heterocycles. The van der Waals surface area contributed by atoms with E-state index >= 15 is 0 Å². The third-order valence-electron chi connectivity index (χ3n) is 5.76. The van der Waals surface area contributed by atoms with Crippen molar-refractivity contribution in [2.24, 2.45) is 11.1 Å². The molecule has 168 valence electrons. The average molecular weight is 464 g/mol. The van der Waals surface area contributed by atoms with Crippen LogP contribution in [-0.2, 0) is 17.9 Å². The van der Waals surface area contributed by atoms with Gasteiger partial charge in [-0.1, -0.05) is 62.4 Å². The fraction of sp³-hybridized carbons (Fsp3) is 0.348. The zero-order valence-corrected chi connectivity index (χ0v) is 19.6. The number of carbonyl (C=O) groups excluding carboxylic acids is 1. The topological polar surface area (TPSA) is 85.8 Å². The zero-order chi connectivity index (χ0) is 20.7. The fourth-order valence-electron chi connectivity index (χ4n) is 3.56. The van der Waals surface area contributed by atoms with Gasteiger partial charge in [-0.2, -0.15) is 5.10 Å². The number of amides is 1. The Morgan fingerprint density at radius 3 is 2.32 bits per heavy atom. The predicted molar refractivity (Wildman–Crippen MR) is 129 cm³/mol. The Bertz CT molecular complexity index is 917. The van der Waals surface area contributed by atoms with Gasteiger partial charge in [0.1, 0.15) is 12.7 Å². The van der Waals surface area contributed by atoms with Crippen molar-refractivity contribution in [3.63, 3.8) is 0 Å². The monoisotopic (exact) mass is 463 g/mol. The Kier molecular flexibility index (Phi) is 10.7. The molecule has 1 heterocycles. The molecule has 0 aliphatic heterocycles. The first-order valence-electron chi connectivity index (χ1n) is 10.1. The van der Waals surface area contributed by atoms with Gasteiger partial charge in [0.25, 0.3) is 0 Å². The number of aromatic nitrogens is 3. The summed E-state index contributed by atoms with van der Waals surface area (Å²) >= 11 is 0. The maximum absolute atomic E-state index is 12.8. The van der Waals surface area contributed by atoms with Crippen LogP contribution in [0.3, 0.4) is 0 Å². The van der Waals surface area contributed by atoms with Crippen molar-refractivity contribution in [2.75, 3.05) is 6.54 Å². The molecule has 1 amide bonds. The van der Waals surface area contributed by atoms with Crippen LogP contribution in [0.2, 0.25) is 0 Å². The Balaban J connectivity index is 0.00000240. The van der Waals surface area contributed by atoms with E-state index in [1.165, 1.54) is 6.33 Å². The van der Waals surface area contributed by atoms with Crippen LogP contribution in [0.15, 0.2) is 61.2 Å². The lowest BCUT2D eigenvalue weighted by atomic mass is 9.81. The van der Waals surface area contributed by atoms with Crippen LogP contribution in [0.25, 0.3) is 11.1 Å². The van der Waals surface area contributed by atoms with E-state index in [1.54, 1.807) is 11.0 Å². The predicted octanol–water partition coefficient (Wildman–Crippen LogP) is 4.22. The number of halogens is 2. The number of nitrogens with zero attached hydrogens (tertiary/aromatic N) is 3. The van der Waals surface area contributed by atoms with E-state index in [1.807, 2.05) is 26.0 Å². The smallest absolute Gasteiger partial charge is 0.227 e. The van der Waals surface area contributed by atoms with E-state index in [4.69, 9.17) is 5.73 Å². The minimum Gasteiger partial charge on any atom is -0.351 e. The standard InChI is InChI=1S/C23H29N5O.2ClH/c1-3-23(4-2,15-24)22(29)26-13-20-7-5-6-8-21(20)19-11-9-18(10-12-19)14-28-17-25-16-27-28;;/h5-12,16-17H,3-4,13-15,24H2,1-2H3,(H,26,29);2*1H. The quantitative estimate of drug-likeness (QED) is 0.497. The van der Waals surface area contributed by atoms with E-state index in [0.29, 0.717) is 19.6 Å². The molecule has 31 heavy (non-hydrogen) atoms. The van der Waals surface area contributed by atoms with Gasteiger partial charge < -0.3 is 11.1 Å². The molecule has 0 aliphatic carbocycles. The van der Waals surface area contributed by atoms with Crippen LogP contribution < -0.4 is 11.1 Å². The van der Waals surface area contributed by atoms with Gasteiger partial charge in [-0.05, 0) is 35.1 Å². The van der Waals surface area contributed by atoms with Crippen molar-refractivity contribution in [3.05, 3.63) is 72.3 Å². The molecule has 2 aromatic carbocycles. The van der Waals surface area contributed by atoms with Gasteiger partial charge in [0.2, 0.25) is 5.91 Å². The number of hydrogen-bond acceptors (Lipinski definition) is 4. The van der Waals surface area contributed by atoms with Gasteiger partial charge in [-0.3, -0.25) is 4.79 Å². The van der Waals surface area contributed by atoms with Crippen LogP contribution in [0.1, 0.15) is 37.8 Å². The first kappa shape index (κ1) is 26.6. The molecule has 0 saturated heterocycles. The van der Waals surface area contributed by atoms with Crippen molar-refractivity contribution in [2.45, 2.75) is 39.8 Å². The minimum atomic E-state index is -0.488. The van der Waals surface area contributed by atoms with E-state index in [-0.39, 0.29) is 30.7 Å². The summed E-state index contributed by atoms with van der Waals surface area (Å²) < 4.78 is 1.80. The number of benzene rings is 2. The zero-order valence-electron chi connectivity index (χ0n) is 18.0. The first-order valence-corrected chi connectivity index (χ1v) is 10.1. The summed E-state index contributed by atoms with van der Waals surface area (Å²) in [7, 11) is 0. The summed E-state index contributed by atoms with van der Waals surface area (Å²) in [4.78, 5) is 16.7. The number of hydrogen-bond donors (Lipinski definition) is 2. The molecule has 0 bridgehead atoms. The Morgan fingerprint density at radius 2 is 1.74 bits per heavy atom. The summed E-state index contributed by atoms with van der Waals surface area (Å²) in [5.41, 5.74) is 9.90. The third-order valence-corrected chi connectivity index (χ3v) is 5.76. The maximum atomic E-state index is 12.8. The molecule has 0 radical (unpaired) electrons. The summed E-state index contributed by atoms with van der Waals surface area (Å²) in [6.45, 7) is 5.57. The first-order chi connectivity index (χ1) is 14.1. The molecule has 0 saturated carbocycles. The molecular formula is C23H31Cl2N5O. The summed E-state index contributed by atoms with van der Waals surface area (Å²) in [6.07, 6.45) is 4.72. The highest BCUT2D eigenvalue weighted by Crippen LogP contribution is 2.27. The van der Waals surface area contributed by atoms with Crippen molar-refractivity contribution < 1.29 is 4.79 Å². The Morgan fingerprint density at radius 1 is 1.06 bits per heavy atom. The molecule has 3 N–H and O–H groups in total. The van der Waals surface area contributed by atoms with Crippen LogP contribution in [-0.4, -0.2) is 27.2 Å². The maximum Gasteiger partial charge on any atom is 0.227 e. The number of rotatable bonds is 9. The molecule has 0 spiro atoms. The molecule has 0 aliphatic rings. The second-order valence-corrected chi connectivity index (χ2v) is 7.32. The van der Waals surface area contributed by atoms with Gasteiger partial charge >= 0.3 is 0 Å². The highest BCUT2D eigenvalue weighted by molar-refractivity contribution is 5.85. The van der Waals surface area contributed by atoms with Gasteiger partial charge in [0.05, 0.1) is 12.0 Å². The van der Waals surface area contributed by atoms with Gasteiger partial charge in [-0.15, -0.1) is 24.8 Å². The highest BCUT2D eigenvalue weighted by Gasteiger charge is 2.33. The second kappa shape index (κ2) is 12.4. The Labute approximate surface area is 196 Å².